The Morgan fingerprint density at radius 2 is 1.97 bits per heavy atom. The van der Waals surface area contributed by atoms with Crippen molar-refractivity contribution in [1.82, 2.24) is 30.0 Å². The predicted molar refractivity (Wildman–Crippen MR) is 123 cm³/mol. The summed E-state index contributed by atoms with van der Waals surface area (Å²) >= 11 is 0. The van der Waals surface area contributed by atoms with Crippen molar-refractivity contribution in [2.45, 2.75) is 25.9 Å². The largest absolute Gasteiger partial charge is 0.463 e. The number of carbonyl (C=O) groups is 1. The summed E-state index contributed by atoms with van der Waals surface area (Å²) in [7, 11) is 0. The van der Waals surface area contributed by atoms with Crippen LogP contribution in [0, 0.1) is 5.92 Å². The highest BCUT2D eigenvalue weighted by atomic mass is 16.3. The van der Waals surface area contributed by atoms with E-state index in [1.54, 1.807) is 24.5 Å². The van der Waals surface area contributed by atoms with Crippen molar-refractivity contribution >= 4 is 16.9 Å². The number of piperidine rings is 1. The average Bonchev–Trinajstić information content (AvgIpc) is 3.50. The third kappa shape index (κ3) is 4.88. The molecular weight excluding hydrogens is 420 g/mol. The van der Waals surface area contributed by atoms with E-state index in [9.17, 15) is 9.59 Å². The maximum atomic E-state index is 12.6. The molecule has 2 N–H and O–H groups in total. The number of benzene rings is 1. The molecular formula is C24H26N6O3. The Morgan fingerprint density at radius 3 is 2.76 bits per heavy atom. The summed E-state index contributed by atoms with van der Waals surface area (Å²) in [6, 6.07) is 14.7. The number of H-pyrrole nitrogens is 1. The van der Waals surface area contributed by atoms with Crippen molar-refractivity contribution in [3.8, 4) is 11.5 Å². The SMILES string of the molecule is O=C(NCCn1nc(-c2ccco2)ccc1=O)C1CCN(Cc2nc3ccccc3[nH]2)CC1. The number of hydrogen-bond donors (Lipinski definition) is 2. The van der Waals surface area contributed by atoms with E-state index in [1.165, 1.54) is 10.7 Å². The number of amides is 1. The number of aromatic nitrogens is 4. The van der Waals surface area contributed by atoms with Gasteiger partial charge in [-0.15, -0.1) is 0 Å². The Bertz CT molecular complexity index is 1250. The third-order valence-corrected chi connectivity index (χ3v) is 6.03. The van der Waals surface area contributed by atoms with Crippen molar-refractivity contribution in [1.29, 1.82) is 0 Å². The second-order valence-corrected chi connectivity index (χ2v) is 8.30. The quantitative estimate of drug-likeness (QED) is 0.451. The number of hydrogen-bond acceptors (Lipinski definition) is 6. The third-order valence-electron chi connectivity index (χ3n) is 6.03. The molecule has 0 atom stereocenters. The first-order valence-corrected chi connectivity index (χ1v) is 11.2. The molecule has 9 heteroatoms. The fourth-order valence-electron chi connectivity index (χ4n) is 4.24. The summed E-state index contributed by atoms with van der Waals surface area (Å²) in [5.41, 5.74) is 2.40. The summed E-state index contributed by atoms with van der Waals surface area (Å²) in [6.45, 7) is 3.11. The van der Waals surface area contributed by atoms with Crippen LogP contribution in [0.15, 0.2) is 64.0 Å². The molecule has 1 aromatic carbocycles. The summed E-state index contributed by atoms with van der Waals surface area (Å²) in [5, 5.41) is 7.30. The van der Waals surface area contributed by atoms with Gasteiger partial charge in [0.05, 0.1) is 30.4 Å². The molecule has 1 saturated heterocycles. The number of rotatable bonds is 7. The molecule has 4 heterocycles. The average molecular weight is 447 g/mol. The molecule has 1 fully saturated rings. The lowest BCUT2D eigenvalue weighted by molar-refractivity contribution is -0.126. The summed E-state index contributed by atoms with van der Waals surface area (Å²) in [5.74, 6) is 1.57. The zero-order chi connectivity index (χ0) is 22.6. The molecule has 1 aliphatic heterocycles. The minimum atomic E-state index is -0.210. The second kappa shape index (κ2) is 9.41. The van der Waals surface area contributed by atoms with Gasteiger partial charge in [0.15, 0.2) is 5.76 Å². The molecule has 1 amide bonds. The monoisotopic (exact) mass is 446 g/mol. The first kappa shape index (κ1) is 21.1. The zero-order valence-electron chi connectivity index (χ0n) is 18.2. The fraction of sp³-hybridized carbons (Fsp3) is 0.333. The highest BCUT2D eigenvalue weighted by Crippen LogP contribution is 2.20. The van der Waals surface area contributed by atoms with Gasteiger partial charge in [-0.1, -0.05) is 12.1 Å². The number of imidazole rings is 1. The molecule has 3 aromatic heterocycles. The van der Waals surface area contributed by atoms with Crippen LogP contribution in [0.25, 0.3) is 22.5 Å². The Balaban J connectivity index is 1.09. The first-order chi connectivity index (χ1) is 16.2. The number of nitrogens with zero attached hydrogens (tertiary/aromatic N) is 4. The molecule has 0 saturated carbocycles. The molecule has 0 radical (unpaired) electrons. The minimum absolute atomic E-state index is 0.0175. The van der Waals surface area contributed by atoms with Crippen molar-refractivity contribution in [3.63, 3.8) is 0 Å². The molecule has 0 bridgehead atoms. The van der Waals surface area contributed by atoms with Gasteiger partial charge in [-0.25, -0.2) is 9.67 Å². The number of fused-ring (bicyclic) bond motifs is 1. The van der Waals surface area contributed by atoms with E-state index >= 15 is 0 Å². The highest BCUT2D eigenvalue weighted by molar-refractivity contribution is 5.78. The van der Waals surface area contributed by atoms with E-state index in [4.69, 9.17) is 4.42 Å². The first-order valence-electron chi connectivity index (χ1n) is 11.2. The van der Waals surface area contributed by atoms with E-state index < -0.39 is 0 Å². The van der Waals surface area contributed by atoms with E-state index in [-0.39, 0.29) is 17.4 Å². The van der Waals surface area contributed by atoms with Gasteiger partial charge in [0.2, 0.25) is 5.91 Å². The normalized spacial score (nSPS) is 15.2. The molecule has 4 aromatic rings. The summed E-state index contributed by atoms with van der Waals surface area (Å²) < 4.78 is 6.70. The number of aromatic amines is 1. The lowest BCUT2D eigenvalue weighted by Crippen LogP contribution is -2.41. The van der Waals surface area contributed by atoms with E-state index in [1.807, 2.05) is 24.3 Å². The van der Waals surface area contributed by atoms with Crippen molar-refractivity contribution in [2.75, 3.05) is 19.6 Å². The van der Waals surface area contributed by atoms with E-state index in [2.05, 4.69) is 25.3 Å². The number of para-hydroxylation sites is 2. The van der Waals surface area contributed by atoms with Gasteiger partial charge in [-0.2, -0.15) is 5.10 Å². The molecule has 1 aliphatic rings. The topological polar surface area (TPSA) is 109 Å². The molecule has 33 heavy (non-hydrogen) atoms. The van der Waals surface area contributed by atoms with Crippen molar-refractivity contribution < 1.29 is 9.21 Å². The summed E-state index contributed by atoms with van der Waals surface area (Å²) in [4.78, 5) is 35.1. The predicted octanol–water partition coefficient (Wildman–Crippen LogP) is 2.41. The lowest BCUT2D eigenvalue weighted by Gasteiger charge is -2.30. The van der Waals surface area contributed by atoms with Crippen LogP contribution in [0.5, 0.6) is 0 Å². The standard InChI is InChI=1S/C24H26N6O3/c31-23-8-7-20(21-6-3-15-33-21)28-30(23)14-11-25-24(32)17-9-12-29(13-10-17)16-22-26-18-4-1-2-5-19(18)27-22/h1-8,15,17H,9-14,16H2,(H,25,32)(H,26,27). The lowest BCUT2D eigenvalue weighted by atomic mass is 9.96. The number of nitrogens with one attached hydrogen (secondary N) is 2. The van der Waals surface area contributed by atoms with Crippen LogP contribution in [0.3, 0.4) is 0 Å². The van der Waals surface area contributed by atoms with Crippen LogP contribution < -0.4 is 10.9 Å². The smallest absolute Gasteiger partial charge is 0.266 e. The minimum Gasteiger partial charge on any atom is -0.463 e. The van der Waals surface area contributed by atoms with Crippen LogP contribution >= 0.6 is 0 Å². The zero-order valence-corrected chi connectivity index (χ0v) is 18.2. The van der Waals surface area contributed by atoms with Gasteiger partial charge < -0.3 is 14.7 Å². The molecule has 0 aliphatic carbocycles. The van der Waals surface area contributed by atoms with Crippen molar-refractivity contribution in [2.24, 2.45) is 5.92 Å². The Hall–Kier alpha value is -3.72. The maximum Gasteiger partial charge on any atom is 0.266 e. The van der Waals surface area contributed by atoms with Crippen LogP contribution in [-0.4, -0.2) is 50.2 Å². The van der Waals surface area contributed by atoms with Gasteiger partial charge in [-0.05, 0) is 56.3 Å². The van der Waals surface area contributed by atoms with Gasteiger partial charge in [-0.3, -0.25) is 14.5 Å². The highest BCUT2D eigenvalue weighted by Gasteiger charge is 2.25. The molecule has 0 unspecified atom stereocenters. The fourth-order valence-corrected chi connectivity index (χ4v) is 4.24. The molecule has 170 valence electrons. The molecule has 5 rings (SSSR count). The van der Waals surface area contributed by atoms with Gasteiger partial charge in [0.1, 0.15) is 11.5 Å². The Kier molecular flexibility index (Phi) is 6.03. The van der Waals surface area contributed by atoms with Crippen LogP contribution in [0.2, 0.25) is 0 Å². The molecule has 0 spiro atoms. The Labute approximate surface area is 190 Å². The van der Waals surface area contributed by atoms with E-state index in [0.29, 0.717) is 24.5 Å². The number of likely N-dealkylation sites (tertiary alicyclic amines) is 1. The van der Waals surface area contributed by atoms with Crippen LogP contribution in [0.4, 0.5) is 0 Å². The van der Waals surface area contributed by atoms with Gasteiger partial charge >= 0.3 is 0 Å². The van der Waals surface area contributed by atoms with Gasteiger partial charge in [0.25, 0.3) is 5.56 Å². The van der Waals surface area contributed by atoms with Crippen LogP contribution in [0.1, 0.15) is 18.7 Å². The maximum absolute atomic E-state index is 12.6. The second-order valence-electron chi connectivity index (χ2n) is 8.30. The van der Waals surface area contributed by atoms with Crippen LogP contribution in [-0.2, 0) is 17.9 Å². The Morgan fingerprint density at radius 1 is 1.12 bits per heavy atom. The number of furan rings is 1. The van der Waals surface area contributed by atoms with Gasteiger partial charge in [0, 0.05) is 18.5 Å². The molecule has 9 nitrogen and oxygen atoms in total. The number of carbonyl (C=O) groups excluding carboxylic acids is 1. The van der Waals surface area contributed by atoms with E-state index in [0.717, 1.165) is 49.3 Å². The summed E-state index contributed by atoms with van der Waals surface area (Å²) in [6.07, 6.45) is 3.17. The van der Waals surface area contributed by atoms with Crippen molar-refractivity contribution in [3.05, 3.63) is 71.0 Å².